The smallest absolute Gasteiger partial charge is 0.319 e. The number of ether oxygens (including phenoxy) is 1. The standard InChI is InChI=1S/C9H16N2O2/c12-9-10-5-6-11(9)7-13-8-3-1-2-4-8/h8H,1-7H2,(H,10,12). The summed E-state index contributed by atoms with van der Waals surface area (Å²) in [6, 6.07) is 0.0120. The number of amides is 2. The maximum absolute atomic E-state index is 11.1. The van der Waals surface area contributed by atoms with E-state index in [4.69, 9.17) is 4.74 Å². The molecule has 2 rings (SSSR count). The Hall–Kier alpha value is -0.770. The molecule has 0 radical (unpaired) electrons. The molecule has 1 aliphatic carbocycles. The summed E-state index contributed by atoms with van der Waals surface area (Å²) in [5, 5.41) is 2.75. The van der Waals surface area contributed by atoms with Gasteiger partial charge in [0.1, 0.15) is 6.73 Å². The van der Waals surface area contributed by atoms with Crippen LogP contribution in [0.2, 0.25) is 0 Å². The molecule has 1 aliphatic heterocycles. The van der Waals surface area contributed by atoms with Crippen LogP contribution in [0.25, 0.3) is 0 Å². The van der Waals surface area contributed by atoms with Crippen LogP contribution in [0.4, 0.5) is 4.79 Å². The molecule has 4 heteroatoms. The second-order valence-corrected chi connectivity index (χ2v) is 3.70. The monoisotopic (exact) mass is 184 g/mol. The summed E-state index contributed by atoms with van der Waals surface area (Å²) in [5.74, 6) is 0. The number of hydrogen-bond acceptors (Lipinski definition) is 2. The predicted octanol–water partition coefficient (Wildman–Crippen LogP) is 0.928. The van der Waals surface area contributed by atoms with Crippen LogP contribution in [0.15, 0.2) is 0 Å². The summed E-state index contributed by atoms with van der Waals surface area (Å²) in [6.07, 6.45) is 5.27. The van der Waals surface area contributed by atoms with Gasteiger partial charge in [-0.15, -0.1) is 0 Å². The molecule has 0 aromatic carbocycles. The minimum Gasteiger partial charge on any atom is -0.358 e. The maximum atomic E-state index is 11.1. The number of rotatable bonds is 3. The Labute approximate surface area is 78.2 Å². The van der Waals surface area contributed by atoms with Gasteiger partial charge >= 0.3 is 6.03 Å². The quantitative estimate of drug-likeness (QED) is 0.709. The average molecular weight is 184 g/mol. The Bertz CT molecular complexity index is 190. The summed E-state index contributed by atoms with van der Waals surface area (Å²) in [5.41, 5.74) is 0. The summed E-state index contributed by atoms with van der Waals surface area (Å²) in [4.78, 5) is 12.8. The van der Waals surface area contributed by atoms with Crippen LogP contribution in [0.1, 0.15) is 25.7 Å². The fraction of sp³-hybridized carbons (Fsp3) is 0.889. The van der Waals surface area contributed by atoms with E-state index in [0.29, 0.717) is 12.8 Å². The molecule has 0 atom stereocenters. The van der Waals surface area contributed by atoms with Gasteiger partial charge in [-0.05, 0) is 12.8 Å². The molecule has 74 valence electrons. The molecular formula is C9H16N2O2. The van der Waals surface area contributed by atoms with Gasteiger partial charge in [0.25, 0.3) is 0 Å². The summed E-state index contributed by atoms with van der Waals surface area (Å²) < 4.78 is 5.62. The van der Waals surface area contributed by atoms with Crippen molar-refractivity contribution in [2.24, 2.45) is 0 Å². The van der Waals surface area contributed by atoms with Crippen molar-refractivity contribution < 1.29 is 9.53 Å². The number of carbonyl (C=O) groups excluding carboxylic acids is 1. The van der Waals surface area contributed by atoms with E-state index >= 15 is 0 Å². The largest absolute Gasteiger partial charge is 0.358 e. The van der Waals surface area contributed by atoms with Crippen LogP contribution < -0.4 is 5.32 Å². The SMILES string of the molecule is O=C1NCCN1COC1CCCC1. The third-order valence-corrected chi connectivity index (χ3v) is 2.71. The molecule has 0 unspecified atom stereocenters. The van der Waals surface area contributed by atoms with Gasteiger partial charge in [0, 0.05) is 13.1 Å². The third-order valence-electron chi connectivity index (χ3n) is 2.71. The first-order valence-corrected chi connectivity index (χ1v) is 5.00. The Morgan fingerprint density at radius 1 is 1.46 bits per heavy atom. The highest BCUT2D eigenvalue weighted by Crippen LogP contribution is 2.21. The minimum absolute atomic E-state index is 0.0120. The lowest BCUT2D eigenvalue weighted by Gasteiger charge is -2.17. The Morgan fingerprint density at radius 2 is 2.23 bits per heavy atom. The molecule has 1 heterocycles. The molecule has 13 heavy (non-hydrogen) atoms. The van der Waals surface area contributed by atoms with Gasteiger partial charge in [-0.3, -0.25) is 4.90 Å². The molecule has 0 aromatic heterocycles. The van der Waals surface area contributed by atoms with Crippen LogP contribution in [0.5, 0.6) is 0 Å². The van der Waals surface area contributed by atoms with Crippen molar-refractivity contribution >= 4 is 6.03 Å². The van der Waals surface area contributed by atoms with E-state index in [2.05, 4.69) is 5.32 Å². The first-order valence-electron chi connectivity index (χ1n) is 5.00. The zero-order valence-corrected chi connectivity index (χ0v) is 7.79. The number of carbonyl (C=O) groups is 1. The van der Waals surface area contributed by atoms with Crippen LogP contribution in [0, 0.1) is 0 Å². The van der Waals surface area contributed by atoms with Crippen molar-refractivity contribution in [1.29, 1.82) is 0 Å². The van der Waals surface area contributed by atoms with Crippen LogP contribution >= 0.6 is 0 Å². The Balaban J connectivity index is 1.69. The van der Waals surface area contributed by atoms with Gasteiger partial charge in [0.2, 0.25) is 0 Å². The Morgan fingerprint density at radius 3 is 2.85 bits per heavy atom. The highest BCUT2D eigenvalue weighted by molar-refractivity contribution is 5.75. The minimum atomic E-state index is 0.0120. The lowest BCUT2D eigenvalue weighted by atomic mass is 10.3. The lowest BCUT2D eigenvalue weighted by Crippen LogP contribution is -2.31. The topological polar surface area (TPSA) is 41.6 Å². The molecule has 1 saturated carbocycles. The Kier molecular flexibility index (Phi) is 2.68. The van der Waals surface area contributed by atoms with Gasteiger partial charge < -0.3 is 10.1 Å². The molecule has 4 nitrogen and oxygen atoms in total. The van der Waals surface area contributed by atoms with Crippen LogP contribution in [0.3, 0.4) is 0 Å². The summed E-state index contributed by atoms with van der Waals surface area (Å²) in [7, 11) is 0. The van der Waals surface area contributed by atoms with E-state index in [9.17, 15) is 4.79 Å². The second-order valence-electron chi connectivity index (χ2n) is 3.70. The molecule has 2 aliphatic rings. The third kappa shape index (κ3) is 2.12. The molecule has 2 amide bonds. The van der Waals surface area contributed by atoms with Gasteiger partial charge in [0.15, 0.2) is 0 Å². The predicted molar refractivity (Wildman–Crippen MR) is 48.3 cm³/mol. The normalized spacial score (nSPS) is 24.0. The first-order chi connectivity index (χ1) is 6.36. The maximum Gasteiger partial charge on any atom is 0.319 e. The van der Waals surface area contributed by atoms with Gasteiger partial charge in [-0.2, -0.15) is 0 Å². The molecule has 2 fully saturated rings. The van der Waals surface area contributed by atoms with Gasteiger partial charge in [-0.1, -0.05) is 12.8 Å². The van der Waals surface area contributed by atoms with E-state index in [0.717, 1.165) is 25.9 Å². The van der Waals surface area contributed by atoms with E-state index in [1.165, 1.54) is 12.8 Å². The molecule has 0 aromatic rings. The lowest BCUT2D eigenvalue weighted by molar-refractivity contribution is 0.00386. The molecule has 1 N–H and O–H groups in total. The highest BCUT2D eigenvalue weighted by atomic mass is 16.5. The molecular weight excluding hydrogens is 168 g/mol. The molecule has 0 bridgehead atoms. The fourth-order valence-electron chi connectivity index (χ4n) is 1.88. The van der Waals surface area contributed by atoms with Crippen molar-refractivity contribution in [3.05, 3.63) is 0 Å². The zero-order chi connectivity index (χ0) is 9.10. The number of nitrogens with one attached hydrogen (secondary N) is 1. The van der Waals surface area contributed by atoms with E-state index < -0.39 is 0 Å². The summed E-state index contributed by atoms with van der Waals surface area (Å²) >= 11 is 0. The first kappa shape index (κ1) is 8.81. The van der Waals surface area contributed by atoms with Gasteiger partial charge in [-0.25, -0.2) is 4.79 Å². The molecule has 1 saturated heterocycles. The average Bonchev–Trinajstić information content (AvgIpc) is 2.72. The van der Waals surface area contributed by atoms with E-state index in [1.54, 1.807) is 4.90 Å². The van der Waals surface area contributed by atoms with Gasteiger partial charge in [0.05, 0.1) is 6.10 Å². The van der Waals surface area contributed by atoms with Crippen molar-refractivity contribution in [3.63, 3.8) is 0 Å². The fourth-order valence-corrected chi connectivity index (χ4v) is 1.88. The summed E-state index contributed by atoms with van der Waals surface area (Å²) in [6.45, 7) is 2.01. The van der Waals surface area contributed by atoms with Crippen molar-refractivity contribution in [1.82, 2.24) is 10.2 Å². The number of urea groups is 1. The number of hydrogen-bond donors (Lipinski definition) is 1. The van der Waals surface area contributed by atoms with Crippen molar-refractivity contribution in [2.45, 2.75) is 31.8 Å². The van der Waals surface area contributed by atoms with E-state index in [-0.39, 0.29) is 6.03 Å². The molecule has 0 spiro atoms. The number of nitrogens with zero attached hydrogens (tertiary/aromatic N) is 1. The van der Waals surface area contributed by atoms with Crippen molar-refractivity contribution in [2.75, 3.05) is 19.8 Å². The van der Waals surface area contributed by atoms with Crippen LogP contribution in [-0.2, 0) is 4.74 Å². The van der Waals surface area contributed by atoms with E-state index in [1.807, 2.05) is 0 Å². The highest BCUT2D eigenvalue weighted by Gasteiger charge is 2.22. The zero-order valence-electron chi connectivity index (χ0n) is 7.79. The second kappa shape index (κ2) is 3.96. The van der Waals surface area contributed by atoms with Crippen LogP contribution in [-0.4, -0.2) is 36.9 Å². The van der Waals surface area contributed by atoms with Crippen molar-refractivity contribution in [3.8, 4) is 0 Å².